The molecule has 0 bridgehead atoms. The monoisotopic (exact) mass is 206 g/mol. The highest BCUT2D eigenvalue weighted by Gasteiger charge is 2.12. The number of carbonyl (C=O) groups is 1. The number of hydrogen-bond acceptors (Lipinski definition) is 2. The van der Waals surface area contributed by atoms with Gasteiger partial charge in [-0.15, -0.1) is 0 Å². The molecular weight excluding hydrogens is 188 g/mol. The van der Waals surface area contributed by atoms with Gasteiger partial charge in [-0.25, -0.2) is 0 Å². The average Bonchev–Trinajstić information content (AvgIpc) is 2.23. The van der Waals surface area contributed by atoms with Gasteiger partial charge < -0.3 is 11.1 Å². The lowest BCUT2D eigenvalue weighted by Crippen LogP contribution is -2.35. The molecule has 1 amide bonds. The topological polar surface area (TPSA) is 55.1 Å². The van der Waals surface area contributed by atoms with Crippen molar-refractivity contribution in [3.8, 4) is 0 Å². The molecule has 0 saturated heterocycles. The van der Waals surface area contributed by atoms with Crippen molar-refractivity contribution in [2.24, 2.45) is 5.73 Å². The van der Waals surface area contributed by atoms with E-state index in [2.05, 4.69) is 5.32 Å². The van der Waals surface area contributed by atoms with Crippen LogP contribution in [0.15, 0.2) is 18.2 Å². The Morgan fingerprint density at radius 3 is 2.73 bits per heavy atom. The summed E-state index contributed by atoms with van der Waals surface area (Å²) in [4.78, 5) is 11.6. The first-order valence-corrected chi connectivity index (χ1v) is 5.19. The van der Waals surface area contributed by atoms with E-state index in [9.17, 15) is 4.79 Å². The Labute approximate surface area is 90.7 Å². The summed E-state index contributed by atoms with van der Waals surface area (Å²) in [5.74, 6) is -0.119. The summed E-state index contributed by atoms with van der Waals surface area (Å²) in [6.45, 7) is 5.90. The third kappa shape index (κ3) is 2.80. The van der Waals surface area contributed by atoms with E-state index in [0.29, 0.717) is 6.42 Å². The zero-order valence-electron chi connectivity index (χ0n) is 9.50. The van der Waals surface area contributed by atoms with Gasteiger partial charge in [-0.05, 0) is 37.5 Å². The molecule has 0 aliphatic heterocycles. The lowest BCUT2D eigenvalue weighted by atomic mass is 10.1. The Morgan fingerprint density at radius 1 is 1.47 bits per heavy atom. The van der Waals surface area contributed by atoms with Crippen molar-refractivity contribution in [2.75, 3.05) is 5.32 Å². The van der Waals surface area contributed by atoms with Crippen LogP contribution in [0.1, 0.15) is 24.5 Å². The molecule has 3 N–H and O–H groups in total. The largest absolute Gasteiger partial charge is 0.324 e. The molecule has 0 spiro atoms. The Kier molecular flexibility index (Phi) is 3.86. The smallest absolute Gasteiger partial charge is 0.241 e. The fourth-order valence-corrected chi connectivity index (χ4v) is 1.30. The van der Waals surface area contributed by atoms with Crippen molar-refractivity contribution in [2.45, 2.75) is 33.2 Å². The van der Waals surface area contributed by atoms with Crippen molar-refractivity contribution in [1.82, 2.24) is 0 Å². The molecule has 0 aliphatic rings. The Morgan fingerprint density at radius 2 is 2.13 bits per heavy atom. The van der Waals surface area contributed by atoms with E-state index in [1.165, 1.54) is 0 Å². The van der Waals surface area contributed by atoms with Crippen LogP contribution in [0, 0.1) is 13.8 Å². The van der Waals surface area contributed by atoms with Crippen LogP contribution in [-0.4, -0.2) is 11.9 Å². The first kappa shape index (κ1) is 11.7. The number of anilines is 1. The molecule has 1 atom stereocenters. The van der Waals surface area contributed by atoms with Crippen LogP contribution < -0.4 is 11.1 Å². The molecule has 15 heavy (non-hydrogen) atoms. The molecule has 0 radical (unpaired) electrons. The molecular formula is C12H18N2O. The first-order chi connectivity index (χ1) is 7.06. The van der Waals surface area contributed by atoms with Gasteiger partial charge in [0.15, 0.2) is 0 Å². The molecule has 3 heteroatoms. The molecule has 0 aliphatic carbocycles. The van der Waals surface area contributed by atoms with Crippen molar-refractivity contribution in [3.63, 3.8) is 0 Å². The Bertz CT molecular complexity index is 361. The van der Waals surface area contributed by atoms with Gasteiger partial charge in [-0.2, -0.15) is 0 Å². The standard InChI is InChI=1S/C12H18N2O/c1-4-10(13)12(15)14-11-7-5-6-8(2)9(11)3/h5-7,10H,4,13H2,1-3H3,(H,14,15)/t10-/m1/s1. The summed E-state index contributed by atoms with van der Waals surface area (Å²) >= 11 is 0. The molecule has 0 unspecified atom stereocenters. The van der Waals surface area contributed by atoms with E-state index in [0.717, 1.165) is 16.8 Å². The van der Waals surface area contributed by atoms with Crippen molar-refractivity contribution in [1.29, 1.82) is 0 Å². The second-order valence-corrected chi connectivity index (χ2v) is 3.75. The highest BCUT2D eigenvalue weighted by Crippen LogP contribution is 2.17. The summed E-state index contributed by atoms with van der Waals surface area (Å²) in [7, 11) is 0. The number of nitrogens with one attached hydrogen (secondary N) is 1. The van der Waals surface area contributed by atoms with Crippen molar-refractivity contribution < 1.29 is 4.79 Å². The number of nitrogens with two attached hydrogens (primary N) is 1. The quantitative estimate of drug-likeness (QED) is 0.794. The SMILES string of the molecule is CC[C@@H](N)C(=O)Nc1cccc(C)c1C. The minimum atomic E-state index is -0.426. The molecule has 0 aromatic heterocycles. The van der Waals surface area contributed by atoms with Crippen LogP contribution in [0.4, 0.5) is 5.69 Å². The number of rotatable bonds is 3. The van der Waals surface area contributed by atoms with Crippen LogP contribution in [-0.2, 0) is 4.79 Å². The third-order valence-corrected chi connectivity index (χ3v) is 2.64. The van der Waals surface area contributed by atoms with Crippen molar-refractivity contribution in [3.05, 3.63) is 29.3 Å². The van der Waals surface area contributed by atoms with Gasteiger partial charge in [0.1, 0.15) is 0 Å². The van der Waals surface area contributed by atoms with E-state index >= 15 is 0 Å². The summed E-state index contributed by atoms with van der Waals surface area (Å²) in [5, 5.41) is 2.84. The second-order valence-electron chi connectivity index (χ2n) is 3.75. The van der Waals surface area contributed by atoms with E-state index in [1.807, 2.05) is 39.0 Å². The zero-order valence-corrected chi connectivity index (χ0v) is 9.50. The first-order valence-electron chi connectivity index (χ1n) is 5.19. The molecule has 0 saturated carbocycles. The maximum absolute atomic E-state index is 11.6. The van der Waals surface area contributed by atoms with Gasteiger partial charge in [0.2, 0.25) is 5.91 Å². The molecule has 1 rings (SSSR count). The molecule has 3 nitrogen and oxygen atoms in total. The highest BCUT2D eigenvalue weighted by atomic mass is 16.2. The maximum atomic E-state index is 11.6. The van der Waals surface area contributed by atoms with Crippen LogP contribution in [0.25, 0.3) is 0 Å². The van der Waals surface area contributed by atoms with Crippen LogP contribution >= 0.6 is 0 Å². The molecule has 0 fully saturated rings. The van der Waals surface area contributed by atoms with Crippen molar-refractivity contribution >= 4 is 11.6 Å². The Balaban J connectivity index is 2.81. The summed E-state index contributed by atoms with van der Waals surface area (Å²) in [5.41, 5.74) is 8.75. The van der Waals surface area contributed by atoms with Gasteiger partial charge in [-0.1, -0.05) is 19.1 Å². The molecule has 82 valence electrons. The third-order valence-electron chi connectivity index (χ3n) is 2.64. The van der Waals surface area contributed by atoms with Gasteiger partial charge in [0.05, 0.1) is 6.04 Å². The predicted octanol–water partition coefficient (Wildman–Crippen LogP) is 1.98. The lowest BCUT2D eigenvalue weighted by Gasteiger charge is -2.13. The number of aryl methyl sites for hydroxylation is 1. The zero-order chi connectivity index (χ0) is 11.4. The predicted molar refractivity (Wildman–Crippen MR) is 62.8 cm³/mol. The van der Waals surface area contributed by atoms with Gasteiger partial charge in [0, 0.05) is 5.69 Å². The number of benzene rings is 1. The maximum Gasteiger partial charge on any atom is 0.241 e. The summed E-state index contributed by atoms with van der Waals surface area (Å²) < 4.78 is 0. The van der Waals surface area contributed by atoms with E-state index < -0.39 is 6.04 Å². The van der Waals surface area contributed by atoms with E-state index in [-0.39, 0.29) is 5.91 Å². The normalized spacial score (nSPS) is 12.3. The molecule has 1 aromatic carbocycles. The number of carbonyl (C=O) groups excluding carboxylic acids is 1. The van der Waals surface area contributed by atoms with E-state index in [1.54, 1.807) is 0 Å². The fraction of sp³-hybridized carbons (Fsp3) is 0.417. The Hall–Kier alpha value is -1.35. The van der Waals surface area contributed by atoms with Crippen LogP contribution in [0.5, 0.6) is 0 Å². The fourth-order valence-electron chi connectivity index (χ4n) is 1.30. The molecule has 0 heterocycles. The number of amides is 1. The van der Waals surface area contributed by atoms with E-state index in [4.69, 9.17) is 5.73 Å². The van der Waals surface area contributed by atoms with Gasteiger partial charge >= 0.3 is 0 Å². The van der Waals surface area contributed by atoms with Crippen LogP contribution in [0.3, 0.4) is 0 Å². The molecule has 1 aromatic rings. The average molecular weight is 206 g/mol. The van der Waals surface area contributed by atoms with Crippen LogP contribution in [0.2, 0.25) is 0 Å². The van der Waals surface area contributed by atoms with Gasteiger partial charge in [-0.3, -0.25) is 4.79 Å². The van der Waals surface area contributed by atoms with Gasteiger partial charge in [0.25, 0.3) is 0 Å². The second kappa shape index (κ2) is 4.94. The minimum Gasteiger partial charge on any atom is -0.324 e. The minimum absolute atomic E-state index is 0.119. The summed E-state index contributed by atoms with van der Waals surface area (Å²) in [6, 6.07) is 5.41. The number of hydrogen-bond donors (Lipinski definition) is 2. The lowest BCUT2D eigenvalue weighted by molar-refractivity contribution is -0.117. The highest BCUT2D eigenvalue weighted by molar-refractivity contribution is 5.95. The summed E-state index contributed by atoms with van der Waals surface area (Å²) in [6.07, 6.45) is 0.650.